The van der Waals surface area contributed by atoms with Crippen LogP contribution in [-0.4, -0.2) is 54.7 Å². The van der Waals surface area contributed by atoms with Crippen LogP contribution in [0.4, 0.5) is 5.82 Å². The van der Waals surface area contributed by atoms with Crippen molar-refractivity contribution in [2.75, 3.05) is 32.5 Å². The number of nitrogens with zero attached hydrogens (tertiary/aromatic N) is 1. The predicted octanol–water partition coefficient (Wildman–Crippen LogP) is 0.450. The van der Waals surface area contributed by atoms with Crippen molar-refractivity contribution in [3.05, 3.63) is 27.0 Å². The first kappa shape index (κ1) is 16.8. The minimum absolute atomic E-state index is 0.0491. The lowest BCUT2D eigenvalue weighted by Gasteiger charge is -2.37. The van der Waals surface area contributed by atoms with Crippen LogP contribution in [0.15, 0.2) is 10.9 Å². The molecule has 1 amide bonds. The van der Waals surface area contributed by atoms with E-state index in [0.29, 0.717) is 0 Å². The van der Waals surface area contributed by atoms with Crippen LogP contribution in [0.5, 0.6) is 0 Å². The fourth-order valence-corrected chi connectivity index (χ4v) is 2.76. The quantitative estimate of drug-likeness (QED) is 0.745. The van der Waals surface area contributed by atoms with Crippen molar-refractivity contribution in [1.29, 1.82) is 0 Å². The summed E-state index contributed by atoms with van der Waals surface area (Å²) in [5.74, 6) is -0.422. The van der Waals surface area contributed by atoms with E-state index in [4.69, 9.17) is 22.1 Å². The van der Waals surface area contributed by atoms with Gasteiger partial charge in [0.1, 0.15) is 11.4 Å². The number of hydrogen-bond acceptors (Lipinski definition) is 5. The average molecular weight is 329 g/mol. The van der Waals surface area contributed by atoms with E-state index >= 15 is 0 Å². The van der Waals surface area contributed by atoms with Crippen molar-refractivity contribution in [2.45, 2.75) is 25.5 Å². The number of hydrogen-bond donors (Lipinski definition) is 3. The number of amides is 1. The van der Waals surface area contributed by atoms with Gasteiger partial charge < -0.3 is 25.7 Å². The number of H-pyrrole nitrogens is 1. The Balaban J connectivity index is 2.11. The van der Waals surface area contributed by atoms with Gasteiger partial charge in [-0.05, 0) is 19.0 Å². The standard InChI is InChI=1S/C14H21ClN4O3/c1-3-19-5-4-10(11(7-19)22-2)17-13(20)8-6-9(15)12(16)18-14(8)21/h6,10-11H,3-5,7H2,1-2H3,(H,17,20)(H3,16,18,21). The first-order valence-electron chi connectivity index (χ1n) is 7.20. The molecule has 0 aliphatic carbocycles. The Bertz CT molecular complexity index is 604. The van der Waals surface area contributed by atoms with Crippen molar-refractivity contribution in [3.63, 3.8) is 0 Å². The van der Waals surface area contributed by atoms with Gasteiger partial charge in [0, 0.05) is 20.2 Å². The molecule has 7 nitrogen and oxygen atoms in total. The fraction of sp³-hybridized carbons (Fsp3) is 0.571. The predicted molar refractivity (Wildman–Crippen MR) is 85.3 cm³/mol. The number of nitrogen functional groups attached to an aromatic ring is 1. The van der Waals surface area contributed by atoms with Gasteiger partial charge in [-0.2, -0.15) is 0 Å². The van der Waals surface area contributed by atoms with Crippen LogP contribution in [0.1, 0.15) is 23.7 Å². The monoisotopic (exact) mass is 328 g/mol. The van der Waals surface area contributed by atoms with Gasteiger partial charge in [-0.25, -0.2) is 0 Å². The van der Waals surface area contributed by atoms with E-state index in [1.807, 2.05) is 0 Å². The van der Waals surface area contributed by atoms with Crippen LogP contribution in [-0.2, 0) is 4.74 Å². The lowest BCUT2D eigenvalue weighted by molar-refractivity contribution is 0.00803. The van der Waals surface area contributed by atoms with E-state index in [-0.39, 0.29) is 28.5 Å². The molecule has 2 rings (SSSR count). The number of carbonyl (C=O) groups is 1. The van der Waals surface area contributed by atoms with Crippen LogP contribution in [0, 0.1) is 0 Å². The largest absolute Gasteiger partial charge is 0.384 e. The Morgan fingerprint density at radius 2 is 2.36 bits per heavy atom. The summed E-state index contributed by atoms with van der Waals surface area (Å²) in [4.78, 5) is 28.8. The molecule has 1 saturated heterocycles. The third kappa shape index (κ3) is 3.60. The molecular weight excluding hydrogens is 308 g/mol. The molecule has 0 aromatic carbocycles. The summed E-state index contributed by atoms with van der Waals surface area (Å²) in [6, 6.07) is 1.14. The second kappa shape index (κ2) is 7.13. The minimum Gasteiger partial charge on any atom is -0.384 e. The molecule has 1 aliphatic heterocycles. The average Bonchev–Trinajstić information content (AvgIpc) is 2.51. The summed E-state index contributed by atoms with van der Waals surface area (Å²) < 4.78 is 5.46. The molecular formula is C14H21ClN4O3. The van der Waals surface area contributed by atoms with Gasteiger partial charge in [0.2, 0.25) is 0 Å². The molecule has 0 saturated carbocycles. The van der Waals surface area contributed by atoms with Crippen LogP contribution < -0.4 is 16.6 Å². The van der Waals surface area contributed by atoms with E-state index in [1.165, 1.54) is 6.07 Å². The Hall–Kier alpha value is -1.57. The maximum absolute atomic E-state index is 12.3. The third-order valence-electron chi connectivity index (χ3n) is 3.98. The van der Waals surface area contributed by atoms with Crippen LogP contribution in [0.25, 0.3) is 0 Å². The smallest absolute Gasteiger partial charge is 0.262 e. The number of likely N-dealkylation sites (N-methyl/N-ethyl adjacent to an activating group) is 1. The number of piperidine rings is 1. The topological polar surface area (TPSA) is 100 Å². The van der Waals surface area contributed by atoms with Crippen molar-refractivity contribution >= 4 is 23.3 Å². The number of pyridine rings is 1. The van der Waals surface area contributed by atoms with Crippen LogP contribution in [0.3, 0.4) is 0 Å². The van der Waals surface area contributed by atoms with Crippen molar-refractivity contribution in [1.82, 2.24) is 15.2 Å². The number of ether oxygens (including phenoxy) is 1. The second-order valence-corrected chi connectivity index (χ2v) is 5.72. The molecule has 1 fully saturated rings. The SMILES string of the molecule is CCN1CCC(NC(=O)c2cc(Cl)c(N)[nH]c2=O)C(OC)C1. The summed E-state index contributed by atoms with van der Waals surface area (Å²) in [6.07, 6.45) is 0.652. The lowest BCUT2D eigenvalue weighted by Crippen LogP contribution is -2.55. The molecule has 1 aromatic heterocycles. The lowest BCUT2D eigenvalue weighted by atomic mass is 10.0. The number of methoxy groups -OCH3 is 1. The van der Waals surface area contributed by atoms with E-state index in [0.717, 1.165) is 26.1 Å². The Morgan fingerprint density at radius 1 is 1.64 bits per heavy atom. The molecule has 22 heavy (non-hydrogen) atoms. The fourth-order valence-electron chi connectivity index (χ4n) is 2.61. The molecule has 0 radical (unpaired) electrons. The molecule has 1 aliphatic rings. The number of aromatic amines is 1. The molecule has 1 aromatic rings. The van der Waals surface area contributed by atoms with Crippen molar-refractivity contribution in [3.8, 4) is 0 Å². The van der Waals surface area contributed by atoms with Gasteiger partial charge in [-0.1, -0.05) is 18.5 Å². The van der Waals surface area contributed by atoms with Gasteiger partial charge in [-0.15, -0.1) is 0 Å². The Labute approximate surface area is 133 Å². The zero-order chi connectivity index (χ0) is 16.3. The molecule has 2 atom stereocenters. The van der Waals surface area contributed by atoms with E-state index in [1.54, 1.807) is 7.11 Å². The van der Waals surface area contributed by atoms with E-state index in [9.17, 15) is 9.59 Å². The number of nitrogens with two attached hydrogens (primary N) is 1. The summed E-state index contributed by atoms with van der Waals surface area (Å²) in [5.41, 5.74) is 4.90. The van der Waals surface area contributed by atoms with Gasteiger partial charge in [0.05, 0.1) is 17.2 Å². The highest BCUT2D eigenvalue weighted by molar-refractivity contribution is 6.33. The number of rotatable bonds is 4. The Morgan fingerprint density at radius 3 is 3.00 bits per heavy atom. The number of nitrogens with one attached hydrogen (secondary N) is 2. The van der Waals surface area contributed by atoms with E-state index < -0.39 is 11.5 Å². The molecule has 0 spiro atoms. The number of likely N-dealkylation sites (tertiary alicyclic amines) is 1. The molecule has 8 heteroatoms. The van der Waals surface area contributed by atoms with Crippen molar-refractivity contribution < 1.29 is 9.53 Å². The molecule has 2 heterocycles. The maximum Gasteiger partial charge on any atom is 0.262 e. The first-order chi connectivity index (χ1) is 10.5. The third-order valence-corrected chi connectivity index (χ3v) is 4.29. The summed E-state index contributed by atoms with van der Waals surface area (Å²) in [7, 11) is 1.62. The number of carbonyl (C=O) groups excluding carboxylic acids is 1. The zero-order valence-corrected chi connectivity index (χ0v) is 13.4. The maximum atomic E-state index is 12.3. The highest BCUT2D eigenvalue weighted by Crippen LogP contribution is 2.16. The molecule has 122 valence electrons. The summed E-state index contributed by atoms with van der Waals surface area (Å²) in [6.45, 7) is 4.65. The van der Waals surface area contributed by atoms with Crippen LogP contribution in [0.2, 0.25) is 5.02 Å². The number of halogens is 1. The number of aromatic nitrogens is 1. The molecule has 4 N–H and O–H groups in total. The minimum atomic E-state index is -0.556. The van der Waals surface area contributed by atoms with Gasteiger partial charge in [0.15, 0.2) is 0 Å². The van der Waals surface area contributed by atoms with Crippen LogP contribution >= 0.6 is 11.6 Å². The first-order valence-corrected chi connectivity index (χ1v) is 7.58. The molecule has 0 bridgehead atoms. The second-order valence-electron chi connectivity index (χ2n) is 5.31. The normalized spacial score (nSPS) is 22.5. The number of anilines is 1. The van der Waals surface area contributed by atoms with Gasteiger partial charge in [0.25, 0.3) is 11.5 Å². The van der Waals surface area contributed by atoms with Gasteiger partial charge in [-0.3, -0.25) is 9.59 Å². The highest BCUT2D eigenvalue weighted by Gasteiger charge is 2.30. The Kier molecular flexibility index (Phi) is 5.44. The summed E-state index contributed by atoms with van der Waals surface area (Å²) >= 11 is 5.86. The summed E-state index contributed by atoms with van der Waals surface area (Å²) in [5, 5.41) is 3.01. The zero-order valence-electron chi connectivity index (χ0n) is 12.7. The van der Waals surface area contributed by atoms with E-state index in [2.05, 4.69) is 22.1 Å². The highest BCUT2D eigenvalue weighted by atomic mass is 35.5. The van der Waals surface area contributed by atoms with Gasteiger partial charge >= 0.3 is 0 Å². The van der Waals surface area contributed by atoms with Crippen molar-refractivity contribution in [2.24, 2.45) is 0 Å². The molecule has 2 unspecified atom stereocenters.